The van der Waals surface area contributed by atoms with Crippen LogP contribution < -0.4 is 0 Å². The molecule has 0 saturated heterocycles. The molecule has 0 aromatic carbocycles. The van der Waals surface area contributed by atoms with Crippen LogP contribution in [0.5, 0.6) is 0 Å². The summed E-state index contributed by atoms with van der Waals surface area (Å²) >= 11 is 0. The summed E-state index contributed by atoms with van der Waals surface area (Å²) < 4.78 is 16.0. The van der Waals surface area contributed by atoms with Crippen molar-refractivity contribution >= 4 is 17.7 Å². The number of hydrogen-bond donors (Lipinski definition) is 0. The first kappa shape index (κ1) is 18.3. The van der Waals surface area contributed by atoms with Crippen molar-refractivity contribution < 1.29 is 28.6 Å². The highest BCUT2D eigenvalue weighted by Crippen LogP contribution is 2.02. The van der Waals surface area contributed by atoms with Crippen LogP contribution in [0.25, 0.3) is 0 Å². The summed E-state index contributed by atoms with van der Waals surface area (Å²) in [7, 11) is 0. The largest absolute Gasteiger partial charge is 0.377 e. The SMILES string of the molecule is O=C1C=CCN1CCOCCOCCOCCN1C(=O)C=CC1=O. The van der Waals surface area contributed by atoms with Crippen molar-refractivity contribution in [3.05, 3.63) is 24.3 Å². The monoisotopic (exact) mass is 338 g/mol. The van der Waals surface area contributed by atoms with Crippen LogP contribution >= 0.6 is 0 Å². The lowest BCUT2D eigenvalue weighted by atomic mass is 10.5. The summed E-state index contributed by atoms with van der Waals surface area (Å²) in [6.07, 6.45) is 5.90. The molecule has 0 spiro atoms. The maximum atomic E-state index is 11.3. The molecular formula is C16H22N2O6. The lowest BCUT2D eigenvalue weighted by Gasteiger charge is -2.15. The lowest BCUT2D eigenvalue weighted by Crippen LogP contribution is -2.33. The fraction of sp³-hybridized carbons (Fsp3) is 0.562. The molecule has 0 aliphatic carbocycles. The van der Waals surface area contributed by atoms with E-state index in [9.17, 15) is 14.4 Å². The summed E-state index contributed by atoms with van der Waals surface area (Å²) in [5.41, 5.74) is 0. The molecule has 3 amide bonds. The Morgan fingerprint density at radius 1 is 0.708 bits per heavy atom. The molecule has 0 aromatic rings. The van der Waals surface area contributed by atoms with Gasteiger partial charge in [0, 0.05) is 31.3 Å². The third-order valence-corrected chi connectivity index (χ3v) is 3.51. The van der Waals surface area contributed by atoms with Crippen LogP contribution in [0.15, 0.2) is 24.3 Å². The maximum Gasteiger partial charge on any atom is 0.253 e. The zero-order valence-electron chi connectivity index (χ0n) is 13.5. The van der Waals surface area contributed by atoms with Gasteiger partial charge in [-0.25, -0.2) is 0 Å². The lowest BCUT2D eigenvalue weighted by molar-refractivity contribution is -0.137. The zero-order valence-corrected chi connectivity index (χ0v) is 13.5. The number of imide groups is 1. The molecule has 0 aromatic heterocycles. The normalized spacial score (nSPS) is 16.9. The van der Waals surface area contributed by atoms with Gasteiger partial charge in [0.05, 0.1) is 46.2 Å². The summed E-state index contributed by atoms with van der Waals surface area (Å²) in [6.45, 7) is 3.96. The number of carbonyl (C=O) groups excluding carboxylic acids is 3. The fourth-order valence-electron chi connectivity index (χ4n) is 2.20. The Morgan fingerprint density at radius 3 is 1.79 bits per heavy atom. The highest BCUT2D eigenvalue weighted by atomic mass is 16.5. The molecule has 8 heteroatoms. The van der Waals surface area contributed by atoms with Gasteiger partial charge in [0.15, 0.2) is 0 Å². The quantitative estimate of drug-likeness (QED) is 0.348. The predicted molar refractivity (Wildman–Crippen MR) is 84.0 cm³/mol. The van der Waals surface area contributed by atoms with E-state index in [1.54, 1.807) is 11.0 Å². The Bertz CT molecular complexity index is 499. The minimum Gasteiger partial charge on any atom is -0.377 e. The molecule has 0 fully saturated rings. The molecule has 0 N–H and O–H groups in total. The number of rotatable bonds is 12. The number of hydrogen-bond acceptors (Lipinski definition) is 6. The Balaban J connectivity index is 1.34. The third kappa shape index (κ3) is 5.88. The molecule has 2 aliphatic heterocycles. The maximum absolute atomic E-state index is 11.3. The smallest absolute Gasteiger partial charge is 0.253 e. The molecule has 0 atom stereocenters. The zero-order chi connectivity index (χ0) is 17.2. The van der Waals surface area contributed by atoms with Crippen molar-refractivity contribution in [3.8, 4) is 0 Å². The van der Waals surface area contributed by atoms with Gasteiger partial charge in [0.1, 0.15) is 0 Å². The first-order valence-corrected chi connectivity index (χ1v) is 7.90. The topological polar surface area (TPSA) is 85.4 Å². The van der Waals surface area contributed by atoms with Crippen LogP contribution in [0.4, 0.5) is 0 Å². The van der Waals surface area contributed by atoms with Crippen molar-refractivity contribution in [1.82, 2.24) is 9.80 Å². The van der Waals surface area contributed by atoms with Gasteiger partial charge in [-0.2, -0.15) is 0 Å². The average molecular weight is 338 g/mol. The number of nitrogens with zero attached hydrogens (tertiary/aromatic N) is 2. The molecule has 0 radical (unpaired) electrons. The minimum atomic E-state index is -0.302. The first-order chi connectivity index (χ1) is 11.7. The van der Waals surface area contributed by atoms with Crippen molar-refractivity contribution in [2.24, 2.45) is 0 Å². The van der Waals surface area contributed by atoms with Crippen molar-refractivity contribution in [1.29, 1.82) is 0 Å². The Hall–Kier alpha value is -2.03. The standard InChI is InChI=1S/C16H22N2O6/c19-14-2-1-5-17(14)6-8-22-10-12-24-13-11-23-9-7-18-15(20)3-4-16(18)21/h1-4H,5-13H2. The van der Waals surface area contributed by atoms with E-state index in [-0.39, 0.29) is 30.9 Å². The first-order valence-electron chi connectivity index (χ1n) is 7.90. The second-order valence-corrected chi connectivity index (χ2v) is 5.19. The number of ether oxygens (including phenoxy) is 3. The Kier molecular flexibility index (Phi) is 7.60. The molecule has 0 saturated carbocycles. The Morgan fingerprint density at radius 2 is 1.25 bits per heavy atom. The van der Waals surface area contributed by atoms with Crippen LogP contribution in [-0.4, -0.2) is 86.8 Å². The van der Waals surface area contributed by atoms with Gasteiger partial charge >= 0.3 is 0 Å². The van der Waals surface area contributed by atoms with Gasteiger partial charge in [-0.3, -0.25) is 19.3 Å². The third-order valence-electron chi connectivity index (χ3n) is 3.51. The van der Waals surface area contributed by atoms with Crippen LogP contribution in [0.3, 0.4) is 0 Å². The molecule has 0 unspecified atom stereocenters. The van der Waals surface area contributed by atoms with Gasteiger partial charge in [0.2, 0.25) is 5.91 Å². The summed E-state index contributed by atoms with van der Waals surface area (Å²) in [6, 6.07) is 0. The molecule has 8 nitrogen and oxygen atoms in total. The number of amides is 3. The fourth-order valence-corrected chi connectivity index (χ4v) is 2.20. The van der Waals surface area contributed by atoms with E-state index >= 15 is 0 Å². The van der Waals surface area contributed by atoms with Crippen molar-refractivity contribution in [2.75, 3.05) is 59.3 Å². The average Bonchev–Trinajstić information content (AvgIpc) is 3.12. The second kappa shape index (κ2) is 9.96. The summed E-state index contributed by atoms with van der Waals surface area (Å²) in [5, 5.41) is 0. The van der Waals surface area contributed by atoms with E-state index in [0.717, 1.165) is 4.90 Å². The van der Waals surface area contributed by atoms with E-state index in [4.69, 9.17) is 14.2 Å². The highest BCUT2D eigenvalue weighted by Gasteiger charge is 2.22. The molecule has 2 aliphatic rings. The van der Waals surface area contributed by atoms with E-state index < -0.39 is 0 Å². The summed E-state index contributed by atoms with van der Waals surface area (Å²) in [4.78, 5) is 36.7. The van der Waals surface area contributed by atoms with E-state index in [1.165, 1.54) is 12.2 Å². The second-order valence-electron chi connectivity index (χ2n) is 5.19. The van der Waals surface area contributed by atoms with Gasteiger partial charge in [-0.05, 0) is 0 Å². The van der Waals surface area contributed by atoms with Crippen LogP contribution in [0.1, 0.15) is 0 Å². The van der Waals surface area contributed by atoms with Gasteiger partial charge < -0.3 is 19.1 Å². The van der Waals surface area contributed by atoms with Gasteiger partial charge in [-0.1, -0.05) is 6.08 Å². The predicted octanol–water partition coefficient (Wildman–Crippen LogP) is -0.640. The number of carbonyl (C=O) groups is 3. The summed E-state index contributed by atoms with van der Waals surface area (Å²) in [5.74, 6) is -0.577. The van der Waals surface area contributed by atoms with Crippen LogP contribution in [-0.2, 0) is 28.6 Å². The minimum absolute atomic E-state index is 0.0279. The van der Waals surface area contributed by atoms with Gasteiger partial charge in [0.25, 0.3) is 11.8 Å². The van der Waals surface area contributed by atoms with E-state index in [0.29, 0.717) is 46.1 Å². The molecule has 2 rings (SSSR count). The van der Waals surface area contributed by atoms with Crippen molar-refractivity contribution in [3.63, 3.8) is 0 Å². The Labute approximate surface area is 140 Å². The molecule has 0 bridgehead atoms. The van der Waals surface area contributed by atoms with Crippen LogP contribution in [0, 0.1) is 0 Å². The molecule has 2 heterocycles. The molecule has 132 valence electrons. The van der Waals surface area contributed by atoms with Gasteiger partial charge in [-0.15, -0.1) is 0 Å². The molecule has 24 heavy (non-hydrogen) atoms. The molecular weight excluding hydrogens is 316 g/mol. The van der Waals surface area contributed by atoms with Crippen molar-refractivity contribution in [2.45, 2.75) is 0 Å². The van der Waals surface area contributed by atoms with E-state index in [2.05, 4.69) is 0 Å². The highest BCUT2D eigenvalue weighted by molar-refractivity contribution is 6.12. The van der Waals surface area contributed by atoms with E-state index in [1.807, 2.05) is 6.08 Å². The van der Waals surface area contributed by atoms with Crippen LogP contribution in [0.2, 0.25) is 0 Å².